The van der Waals surface area contributed by atoms with E-state index in [0.717, 1.165) is 24.2 Å². The van der Waals surface area contributed by atoms with Gasteiger partial charge in [-0.05, 0) is 31.9 Å². The van der Waals surface area contributed by atoms with E-state index in [1.165, 1.54) is 6.20 Å². The minimum absolute atomic E-state index is 0.000984. The molecule has 1 aliphatic rings. The standard InChI is InChI=1S/C20H25N5O3/c1-15-11-23-18(13-22-15)20(27)25(14-17-6-4-10-28-17)9-7-19(26)24-12-16-5-2-3-8-21-16/h2-3,5,8,11,13,17H,4,6-7,9-10,12,14H2,1H3,(H,24,26). The summed E-state index contributed by atoms with van der Waals surface area (Å²) in [5.41, 5.74) is 1.81. The summed E-state index contributed by atoms with van der Waals surface area (Å²) in [6, 6.07) is 5.55. The topological polar surface area (TPSA) is 97.3 Å². The molecule has 1 saturated heterocycles. The Bertz CT molecular complexity index is 776. The van der Waals surface area contributed by atoms with Crippen LogP contribution in [0.1, 0.15) is 41.1 Å². The zero-order valence-electron chi connectivity index (χ0n) is 16.0. The molecule has 2 aromatic heterocycles. The summed E-state index contributed by atoms with van der Waals surface area (Å²) in [5, 5.41) is 2.84. The number of aryl methyl sites for hydroxylation is 1. The molecule has 0 spiro atoms. The lowest BCUT2D eigenvalue weighted by atomic mass is 10.2. The highest BCUT2D eigenvalue weighted by molar-refractivity contribution is 5.92. The van der Waals surface area contributed by atoms with E-state index in [1.807, 2.05) is 25.1 Å². The van der Waals surface area contributed by atoms with Crippen LogP contribution in [0.15, 0.2) is 36.8 Å². The Labute approximate surface area is 164 Å². The molecule has 2 amide bonds. The van der Waals surface area contributed by atoms with Crippen LogP contribution >= 0.6 is 0 Å². The molecule has 1 atom stereocenters. The highest BCUT2D eigenvalue weighted by Crippen LogP contribution is 2.15. The van der Waals surface area contributed by atoms with Crippen LogP contribution in [0.2, 0.25) is 0 Å². The lowest BCUT2D eigenvalue weighted by Crippen LogP contribution is -2.40. The number of nitrogens with zero attached hydrogens (tertiary/aromatic N) is 4. The third-order valence-corrected chi connectivity index (χ3v) is 4.54. The van der Waals surface area contributed by atoms with Crippen molar-refractivity contribution in [2.24, 2.45) is 0 Å². The Kier molecular flexibility index (Phi) is 7.02. The summed E-state index contributed by atoms with van der Waals surface area (Å²) < 4.78 is 5.66. The SMILES string of the molecule is Cc1cnc(C(=O)N(CCC(=O)NCc2ccccn2)CC2CCCO2)cn1. The molecule has 3 heterocycles. The van der Waals surface area contributed by atoms with Crippen LogP contribution in [0.4, 0.5) is 0 Å². The zero-order valence-corrected chi connectivity index (χ0v) is 16.0. The maximum absolute atomic E-state index is 12.9. The second kappa shape index (κ2) is 9.89. The van der Waals surface area contributed by atoms with E-state index >= 15 is 0 Å². The number of hydrogen-bond donors (Lipinski definition) is 1. The third kappa shape index (κ3) is 5.82. The fourth-order valence-corrected chi connectivity index (χ4v) is 2.99. The lowest BCUT2D eigenvalue weighted by Gasteiger charge is -2.25. The van der Waals surface area contributed by atoms with Crippen LogP contribution in [0.3, 0.4) is 0 Å². The van der Waals surface area contributed by atoms with E-state index in [0.29, 0.717) is 26.2 Å². The lowest BCUT2D eigenvalue weighted by molar-refractivity contribution is -0.121. The molecule has 0 saturated carbocycles. The fraction of sp³-hybridized carbons (Fsp3) is 0.450. The molecule has 3 rings (SSSR count). The first-order valence-corrected chi connectivity index (χ1v) is 9.48. The van der Waals surface area contributed by atoms with E-state index in [-0.39, 0.29) is 30.0 Å². The normalized spacial score (nSPS) is 16.0. The van der Waals surface area contributed by atoms with Crippen LogP contribution in [-0.4, -0.2) is 57.5 Å². The van der Waals surface area contributed by atoms with Crippen molar-refractivity contribution in [2.45, 2.75) is 38.8 Å². The molecule has 28 heavy (non-hydrogen) atoms. The molecule has 8 nitrogen and oxygen atoms in total. The van der Waals surface area contributed by atoms with Crippen LogP contribution in [0, 0.1) is 6.92 Å². The van der Waals surface area contributed by atoms with Gasteiger partial charge in [0.15, 0.2) is 0 Å². The van der Waals surface area contributed by atoms with Crippen molar-refractivity contribution in [1.29, 1.82) is 0 Å². The monoisotopic (exact) mass is 383 g/mol. The predicted octanol–water partition coefficient (Wildman–Crippen LogP) is 1.51. The summed E-state index contributed by atoms with van der Waals surface area (Å²) in [4.78, 5) is 39.2. The average molecular weight is 383 g/mol. The summed E-state index contributed by atoms with van der Waals surface area (Å²) in [6.07, 6.45) is 6.82. The van der Waals surface area contributed by atoms with E-state index in [1.54, 1.807) is 17.3 Å². The third-order valence-electron chi connectivity index (χ3n) is 4.54. The van der Waals surface area contributed by atoms with Gasteiger partial charge >= 0.3 is 0 Å². The molecule has 1 aliphatic heterocycles. The molecule has 1 unspecified atom stereocenters. The Balaban J connectivity index is 1.57. The van der Waals surface area contributed by atoms with E-state index in [4.69, 9.17) is 4.74 Å². The summed E-state index contributed by atoms with van der Waals surface area (Å²) in [5.74, 6) is -0.369. The Hall–Kier alpha value is -2.87. The first-order chi connectivity index (χ1) is 13.6. The molecule has 0 aliphatic carbocycles. The molecule has 2 aromatic rings. The minimum Gasteiger partial charge on any atom is -0.376 e. The molecule has 8 heteroatoms. The summed E-state index contributed by atoms with van der Waals surface area (Å²) in [7, 11) is 0. The van der Waals surface area contributed by atoms with E-state index < -0.39 is 0 Å². The molecular formula is C20H25N5O3. The number of nitrogens with one attached hydrogen (secondary N) is 1. The number of carbonyl (C=O) groups is 2. The predicted molar refractivity (Wildman–Crippen MR) is 102 cm³/mol. The van der Waals surface area contributed by atoms with Gasteiger partial charge in [-0.1, -0.05) is 6.07 Å². The van der Waals surface area contributed by atoms with Crippen molar-refractivity contribution >= 4 is 11.8 Å². The molecule has 0 aromatic carbocycles. The van der Waals surface area contributed by atoms with Gasteiger partial charge in [-0.3, -0.25) is 19.6 Å². The first kappa shape index (κ1) is 19.9. The highest BCUT2D eigenvalue weighted by atomic mass is 16.5. The second-order valence-electron chi connectivity index (χ2n) is 6.78. The van der Waals surface area contributed by atoms with Gasteiger partial charge in [0.2, 0.25) is 5.91 Å². The number of carbonyl (C=O) groups excluding carboxylic acids is 2. The molecule has 148 valence electrons. The first-order valence-electron chi connectivity index (χ1n) is 9.48. The van der Waals surface area contributed by atoms with Gasteiger partial charge in [-0.25, -0.2) is 4.98 Å². The van der Waals surface area contributed by atoms with Gasteiger partial charge in [0.25, 0.3) is 5.91 Å². The Morgan fingerprint density at radius 3 is 2.82 bits per heavy atom. The number of pyridine rings is 1. The Morgan fingerprint density at radius 1 is 1.25 bits per heavy atom. The summed E-state index contributed by atoms with van der Waals surface area (Å²) in [6.45, 7) is 3.63. The van der Waals surface area contributed by atoms with Crippen LogP contribution in [0.5, 0.6) is 0 Å². The fourth-order valence-electron chi connectivity index (χ4n) is 2.99. The molecule has 1 N–H and O–H groups in total. The van der Waals surface area contributed by atoms with E-state index in [9.17, 15) is 9.59 Å². The van der Waals surface area contributed by atoms with Crippen molar-refractivity contribution < 1.29 is 14.3 Å². The second-order valence-corrected chi connectivity index (χ2v) is 6.78. The largest absolute Gasteiger partial charge is 0.376 e. The van der Waals surface area contributed by atoms with Crippen LogP contribution in [0.25, 0.3) is 0 Å². The van der Waals surface area contributed by atoms with Crippen molar-refractivity contribution in [3.63, 3.8) is 0 Å². The number of ether oxygens (including phenoxy) is 1. The smallest absolute Gasteiger partial charge is 0.274 e. The number of hydrogen-bond acceptors (Lipinski definition) is 6. The maximum Gasteiger partial charge on any atom is 0.274 e. The van der Waals surface area contributed by atoms with Gasteiger partial charge in [0.05, 0.1) is 30.2 Å². The van der Waals surface area contributed by atoms with Crippen molar-refractivity contribution in [1.82, 2.24) is 25.2 Å². The van der Waals surface area contributed by atoms with Gasteiger partial charge < -0.3 is 15.0 Å². The minimum atomic E-state index is -0.236. The maximum atomic E-state index is 12.9. The molecule has 1 fully saturated rings. The van der Waals surface area contributed by atoms with Crippen LogP contribution in [-0.2, 0) is 16.1 Å². The molecule has 0 radical (unpaired) electrons. The van der Waals surface area contributed by atoms with Gasteiger partial charge in [0.1, 0.15) is 5.69 Å². The molecular weight excluding hydrogens is 358 g/mol. The van der Waals surface area contributed by atoms with E-state index in [2.05, 4.69) is 20.3 Å². The highest BCUT2D eigenvalue weighted by Gasteiger charge is 2.24. The average Bonchev–Trinajstić information content (AvgIpc) is 3.23. The zero-order chi connectivity index (χ0) is 19.8. The van der Waals surface area contributed by atoms with Gasteiger partial charge in [-0.2, -0.15) is 0 Å². The number of aromatic nitrogens is 3. The van der Waals surface area contributed by atoms with Crippen molar-refractivity contribution in [2.75, 3.05) is 19.7 Å². The Morgan fingerprint density at radius 2 is 2.14 bits per heavy atom. The molecule has 0 bridgehead atoms. The number of amides is 2. The van der Waals surface area contributed by atoms with Crippen molar-refractivity contribution in [3.8, 4) is 0 Å². The van der Waals surface area contributed by atoms with Gasteiger partial charge in [0, 0.05) is 38.5 Å². The quantitative estimate of drug-likeness (QED) is 0.742. The number of rotatable bonds is 8. The summed E-state index contributed by atoms with van der Waals surface area (Å²) >= 11 is 0. The van der Waals surface area contributed by atoms with Crippen molar-refractivity contribution in [3.05, 3.63) is 53.9 Å². The van der Waals surface area contributed by atoms with Crippen LogP contribution < -0.4 is 5.32 Å². The van der Waals surface area contributed by atoms with Gasteiger partial charge in [-0.15, -0.1) is 0 Å².